The van der Waals surface area contributed by atoms with Crippen LogP contribution in [0.1, 0.15) is 13.3 Å². The predicted molar refractivity (Wildman–Crippen MR) is 71.5 cm³/mol. The van der Waals surface area contributed by atoms with Crippen LogP contribution in [-0.4, -0.2) is 26.4 Å². The van der Waals surface area contributed by atoms with E-state index in [-0.39, 0.29) is 0 Å². The Balaban J connectivity index is 2.22. The van der Waals surface area contributed by atoms with E-state index in [4.69, 9.17) is 4.74 Å². The highest BCUT2D eigenvalue weighted by atomic mass is 28.3. The molecule has 0 aromatic heterocycles. The minimum Gasteiger partial charge on any atom is -0.508 e. The molecule has 0 aliphatic heterocycles. The summed E-state index contributed by atoms with van der Waals surface area (Å²) in [5, 5.41) is 9.47. The number of hydrogen-bond donors (Lipinski definition) is 1. The van der Waals surface area contributed by atoms with Crippen molar-refractivity contribution in [3.8, 4) is 0 Å². The van der Waals surface area contributed by atoms with Gasteiger partial charge in [0.15, 0.2) is 0 Å². The van der Waals surface area contributed by atoms with Crippen LogP contribution in [0.15, 0.2) is 23.5 Å². The maximum Gasteiger partial charge on any atom is 0.111 e. The normalized spacial score (nSPS) is 21.6. The maximum absolute atomic E-state index is 9.47. The van der Waals surface area contributed by atoms with E-state index in [1.54, 1.807) is 0 Å². The second kappa shape index (κ2) is 5.69. The van der Waals surface area contributed by atoms with Crippen LogP contribution < -0.4 is 0 Å². The molecule has 1 aliphatic carbocycles. The molecular weight excluding hydrogens is 216 g/mol. The third kappa shape index (κ3) is 5.52. The molecule has 0 amide bonds. The number of aliphatic hydroxyl groups excluding tert-OH is 1. The molecule has 2 nitrogen and oxygen atoms in total. The minimum atomic E-state index is -0.972. The lowest BCUT2D eigenvalue weighted by Gasteiger charge is -2.20. The van der Waals surface area contributed by atoms with Crippen LogP contribution in [0.4, 0.5) is 0 Å². The maximum atomic E-state index is 9.47. The minimum absolute atomic E-state index is 0.353. The number of ether oxygens (including phenoxy) is 1. The Morgan fingerprint density at radius 1 is 1.44 bits per heavy atom. The van der Waals surface area contributed by atoms with Gasteiger partial charge in [-0.3, -0.25) is 0 Å². The molecular formula is C13H24O2Si. The molecule has 0 aromatic carbocycles. The molecule has 0 bridgehead atoms. The summed E-state index contributed by atoms with van der Waals surface area (Å²) in [6.45, 7) is 10.7. The van der Waals surface area contributed by atoms with E-state index in [0.717, 1.165) is 19.6 Å². The zero-order valence-electron chi connectivity index (χ0n) is 10.9. The molecule has 1 rings (SSSR count). The summed E-state index contributed by atoms with van der Waals surface area (Å²) in [6.07, 6.45) is 4.75. The Bertz CT molecular complexity index is 287. The van der Waals surface area contributed by atoms with Crippen molar-refractivity contribution in [3.63, 3.8) is 0 Å². The van der Waals surface area contributed by atoms with E-state index < -0.39 is 8.07 Å². The summed E-state index contributed by atoms with van der Waals surface area (Å²) >= 11 is 0. The van der Waals surface area contributed by atoms with E-state index >= 15 is 0 Å². The van der Waals surface area contributed by atoms with Crippen molar-refractivity contribution in [2.45, 2.75) is 39.0 Å². The number of aliphatic hydroxyl groups is 1. The molecule has 1 unspecified atom stereocenters. The van der Waals surface area contributed by atoms with E-state index in [0.29, 0.717) is 11.7 Å². The Kier molecular flexibility index (Phi) is 4.81. The average Bonchev–Trinajstić information content (AvgIpc) is 2.09. The molecule has 16 heavy (non-hydrogen) atoms. The molecule has 1 atom stereocenters. The predicted octanol–water partition coefficient (Wildman–Crippen LogP) is 3.75. The average molecular weight is 240 g/mol. The van der Waals surface area contributed by atoms with Gasteiger partial charge in [0, 0.05) is 20.6 Å². The van der Waals surface area contributed by atoms with Gasteiger partial charge in [-0.15, -0.1) is 0 Å². The van der Waals surface area contributed by atoms with Crippen molar-refractivity contribution < 1.29 is 9.84 Å². The molecule has 0 fully saturated rings. The Hall–Kier alpha value is -0.543. The monoisotopic (exact) mass is 240 g/mol. The second-order valence-corrected chi connectivity index (χ2v) is 11.6. The lowest BCUT2D eigenvalue weighted by Crippen LogP contribution is -2.22. The molecule has 3 heteroatoms. The summed E-state index contributed by atoms with van der Waals surface area (Å²) in [7, 11) is -0.972. The zero-order valence-corrected chi connectivity index (χ0v) is 11.9. The Morgan fingerprint density at radius 2 is 2.12 bits per heavy atom. The van der Waals surface area contributed by atoms with Gasteiger partial charge in [-0.2, -0.15) is 0 Å². The first-order valence-corrected chi connectivity index (χ1v) is 9.73. The van der Waals surface area contributed by atoms with Crippen LogP contribution in [0.5, 0.6) is 0 Å². The van der Waals surface area contributed by atoms with E-state index in [1.165, 1.54) is 11.6 Å². The topological polar surface area (TPSA) is 29.5 Å². The molecule has 0 saturated heterocycles. The molecule has 1 aliphatic rings. The van der Waals surface area contributed by atoms with E-state index in [9.17, 15) is 5.11 Å². The van der Waals surface area contributed by atoms with Gasteiger partial charge in [-0.25, -0.2) is 0 Å². The fraction of sp³-hybridized carbons (Fsp3) is 0.692. The second-order valence-electron chi connectivity index (χ2n) is 5.93. The van der Waals surface area contributed by atoms with Gasteiger partial charge < -0.3 is 9.84 Å². The van der Waals surface area contributed by atoms with Crippen LogP contribution in [0.25, 0.3) is 0 Å². The molecule has 0 saturated carbocycles. The highest BCUT2D eigenvalue weighted by molar-refractivity contribution is 6.76. The quantitative estimate of drug-likeness (QED) is 0.586. The number of allylic oxidation sites excluding steroid dienone is 2. The summed E-state index contributed by atoms with van der Waals surface area (Å²) in [5.41, 5.74) is 1.23. The van der Waals surface area contributed by atoms with Crippen molar-refractivity contribution in [2.75, 3.05) is 13.2 Å². The number of hydrogen-bond acceptors (Lipinski definition) is 2. The summed E-state index contributed by atoms with van der Waals surface area (Å²) in [5.74, 6) is 0.745. The van der Waals surface area contributed by atoms with Gasteiger partial charge in [0.05, 0.1) is 6.61 Å². The molecule has 92 valence electrons. The lowest BCUT2D eigenvalue weighted by molar-refractivity contribution is 0.122. The summed E-state index contributed by atoms with van der Waals surface area (Å²) in [6, 6.07) is 1.21. The molecule has 1 N–H and O–H groups in total. The fourth-order valence-corrected chi connectivity index (χ4v) is 2.55. The van der Waals surface area contributed by atoms with Crippen LogP contribution >= 0.6 is 0 Å². The first-order valence-electron chi connectivity index (χ1n) is 6.02. The third-order valence-corrected chi connectivity index (χ3v) is 4.42. The van der Waals surface area contributed by atoms with Crippen LogP contribution in [-0.2, 0) is 4.74 Å². The summed E-state index contributed by atoms with van der Waals surface area (Å²) in [4.78, 5) is 0. The first kappa shape index (κ1) is 13.5. The van der Waals surface area contributed by atoms with Gasteiger partial charge >= 0.3 is 0 Å². The Labute approximate surface area is 100 Å². The van der Waals surface area contributed by atoms with Crippen LogP contribution in [0.2, 0.25) is 25.7 Å². The van der Waals surface area contributed by atoms with Gasteiger partial charge in [0.25, 0.3) is 0 Å². The van der Waals surface area contributed by atoms with Crippen LogP contribution in [0.3, 0.4) is 0 Å². The van der Waals surface area contributed by atoms with Crippen molar-refractivity contribution in [2.24, 2.45) is 5.92 Å². The molecule has 0 heterocycles. The highest BCUT2D eigenvalue weighted by Gasteiger charge is 2.15. The van der Waals surface area contributed by atoms with Crippen LogP contribution in [0, 0.1) is 5.92 Å². The van der Waals surface area contributed by atoms with Gasteiger partial charge in [-0.1, -0.05) is 25.2 Å². The fourth-order valence-electron chi connectivity index (χ4n) is 1.79. The zero-order chi connectivity index (χ0) is 12.2. The smallest absolute Gasteiger partial charge is 0.111 e. The third-order valence-electron chi connectivity index (χ3n) is 2.71. The lowest BCUT2D eigenvalue weighted by atomic mass is 9.95. The number of rotatable bonds is 5. The molecule has 0 spiro atoms. The van der Waals surface area contributed by atoms with Gasteiger partial charge in [0.1, 0.15) is 5.76 Å². The highest BCUT2D eigenvalue weighted by Crippen LogP contribution is 2.21. The summed E-state index contributed by atoms with van der Waals surface area (Å²) < 4.78 is 5.70. The van der Waals surface area contributed by atoms with E-state index in [1.807, 2.05) is 12.2 Å². The van der Waals surface area contributed by atoms with Gasteiger partial charge in [0.2, 0.25) is 0 Å². The van der Waals surface area contributed by atoms with Crippen molar-refractivity contribution in [1.29, 1.82) is 0 Å². The van der Waals surface area contributed by atoms with Gasteiger partial charge in [-0.05, 0) is 31.5 Å². The first-order chi connectivity index (χ1) is 7.37. The standard InChI is InChI=1S/C13H24O2Si/c1-11-7-12(9-13(14)8-11)10-15-5-6-16(2,3)4/h8-9,12,14H,5-7,10H2,1-4H3. The molecule has 0 radical (unpaired) electrons. The Morgan fingerprint density at radius 3 is 2.69 bits per heavy atom. The largest absolute Gasteiger partial charge is 0.508 e. The molecule has 0 aromatic rings. The van der Waals surface area contributed by atoms with Crippen molar-refractivity contribution >= 4 is 8.07 Å². The van der Waals surface area contributed by atoms with Crippen molar-refractivity contribution in [3.05, 3.63) is 23.5 Å². The van der Waals surface area contributed by atoms with Crippen molar-refractivity contribution in [1.82, 2.24) is 0 Å². The van der Waals surface area contributed by atoms with E-state index in [2.05, 4.69) is 26.6 Å². The SMILES string of the molecule is CC1=CC(O)=CC(COCC[Si](C)(C)C)C1.